The Hall–Kier alpha value is -2.30. The molecule has 1 amide bonds. The Kier molecular flexibility index (Phi) is 3.56. The highest BCUT2D eigenvalue weighted by Crippen LogP contribution is 2.35. The number of H-pyrrole nitrogens is 1. The van der Waals surface area contributed by atoms with Gasteiger partial charge in [0.25, 0.3) is 0 Å². The van der Waals surface area contributed by atoms with Crippen LogP contribution in [0.3, 0.4) is 0 Å². The minimum absolute atomic E-state index is 0.311. The first-order valence-corrected chi connectivity index (χ1v) is 8.23. The average Bonchev–Trinajstić information content (AvgIpc) is 3.12. The largest absolute Gasteiger partial charge is 0.497 e. The number of aromatic amines is 1. The summed E-state index contributed by atoms with van der Waals surface area (Å²) in [4.78, 5) is 14.2. The number of rotatable bonds is 4. The second kappa shape index (κ2) is 5.72. The fourth-order valence-corrected chi connectivity index (χ4v) is 3.26. The lowest BCUT2D eigenvalue weighted by Crippen LogP contribution is -2.29. The van der Waals surface area contributed by atoms with Crippen LogP contribution in [0.4, 0.5) is 0 Å². The quantitative estimate of drug-likeness (QED) is 0.944. The minimum Gasteiger partial charge on any atom is -0.497 e. The van der Waals surface area contributed by atoms with Gasteiger partial charge in [0.05, 0.1) is 12.8 Å². The van der Waals surface area contributed by atoms with E-state index in [9.17, 15) is 4.79 Å². The van der Waals surface area contributed by atoms with Crippen LogP contribution < -0.4 is 4.74 Å². The summed E-state index contributed by atoms with van der Waals surface area (Å²) < 4.78 is 5.18. The molecule has 23 heavy (non-hydrogen) atoms. The van der Waals surface area contributed by atoms with E-state index in [1.165, 1.54) is 0 Å². The molecule has 2 heterocycles. The van der Waals surface area contributed by atoms with Crippen LogP contribution in [-0.2, 0) is 4.79 Å². The van der Waals surface area contributed by atoms with Gasteiger partial charge in [-0.15, -0.1) is 0 Å². The number of nitrogens with zero attached hydrogens (tertiary/aromatic N) is 2. The number of benzene rings is 1. The summed E-state index contributed by atoms with van der Waals surface area (Å²) in [5, 5.41) is 7.59. The maximum atomic E-state index is 12.2. The number of carbonyl (C=O) groups excluding carboxylic acids is 1. The molecule has 0 radical (unpaired) electrons. The fourth-order valence-electron chi connectivity index (χ4n) is 3.26. The molecular formula is C18H21N3O2. The molecule has 2 fully saturated rings. The summed E-state index contributed by atoms with van der Waals surface area (Å²) in [6.07, 6.45) is 3.17. The zero-order valence-electron chi connectivity index (χ0n) is 13.3. The standard InChI is InChI=1S/C18H21N3O2/c1-23-15-6-4-12(5-7-15)16-10-17(20-19-16)14-8-9-21(11-14)18(22)13-2-3-13/h4-7,10,13-14H,2-3,8-9,11H2,1H3,(H,19,20). The van der Waals surface area contributed by atoms with E-state index in [2.05, 4.69) is 16.3 Å². The monoisotopic (exact) mass is 311 g/mol. The summed E-state index contributed by atoms with van der Waals surface area (Å²) >= 11 is 0. The molecule has 5 nitrogen and oxygen atoms in total. The summed E-state index contributed by atoms with van der Waals surface area (Å²) in [5.74, 6) is 1.87. The second-order valence-corrected chi connectivity index (χ2v) is 6.48. The summed E-state index contributed by atoms with van der Waals surface area (Å²) in [6.45, 7) is 1.69. The van der Waals surface area contributed by atoms with Gasteiger partial charge in [-0.2, -0.15) is 5.10 Å². The maximum Gasteiger partial charge on any atom is 0.225 e. The first-order valence-electron chi connectivity index (χ1n) is 8.23. The Labute approximate surface area is 135 Å². The maximum absolute atomic E-state index is 12.2. The molecule has 1 aromatic heterocycles. The molecule has 1 saturated carbocycles. The van der Waals surface area contributed by atoms with Crippen molar-refractivity contribution in [3.05, 3.63) is 36.0 Å². The number of hydrogen-bond acceptors (Lipinski definition) is 3. The Morgan fingerprint density at radius 3 is 2.74 bits per heavy atom. The molecule has 1 N–H and O–H groups in total. The topological polar surface area (TPSA) is 58.2 Å². The SMILES string of the molecule is COc1ccc(-c2cc(C3CCN(C(=O)C4CC4)C3)[nH]n2)cc1. The van der Waals surface area contributed by atoms with E-state index in [0.29, 0.717) is 17.7 Å². The molecule has 1 aromatic carbocycles. The van der Waals surface area contributed by atoms with Crippen molar-refractivity contribution in [1.29, 1.82) is 0 Å². The normalized spacial score (nSPS) is 20.7. The third-order valence-electron chi connectivity index (χ3n) is 4.85. The van der Waals surface area contributed by atoms with E-state index in [-0.39, 0.29) is 0 Å². The van der Waals surface area contributed by atoms with Crippen LogP contribution in [0.25, 0.3) is 11.3 Å². The highest BCUT2D eigenvalue weighted by Gasteiger charge is 2.37. The van der Waals surface area contributed by atoms with Crippen LogP contribution in [0.1, 0.15) is 30.9 Å². The van der Waals surface area contributed by atoms with E-state index in [1.54, 1.807) is 7.11 Å². The smallest absolute Gasteiger partial charge is 0.225 e. The molecule has 1 unspecified atom stereocenters. The zero-order valence-corrected chi connectivity index (χ0v) is 13.3. The van der Waals surface area contributed by atoms with Gasteiger partial charge in [-0.1, -0.05) is 0 Å². The summed E-state index contributed by atoms with van der Waals surface area (Å²) in [6, 6.07) is 10.0. The van der Waals surface area contributed by atoms with Gasteiger partial charge in [-0.25, -0.2) is 0 Å². The molecule has 1 atom stereocenters. The van der Waals surface area contributed by atoms with E-state index >= 15 is 0 Å². The van der Waals surface area contributed by atoms with Crippen molar-refractivity contribution >= 4 is 5.91 Å². The molecule has 1 saturated heterocycles. The highest BCUT2D eigenvalue weighted by molar-refractivity contribution is 5.81. The van der Waals surface area contributed by atoms with Crippen molar-refractivity contribution in [1.82, 2.24) is 15.1 Å². The third-order valence-corrected chi connectivity index (χ3v) is 4.85. The Morgan fingerprint density at radius 1 is 1.26 bits per heavy atom. The highest BCUT2D eigenvalue weighted by atomic mass is 16.5. The van der Waals surface area contributed by atoms with Crippen LogP contribution in [0, 0.1) is 5.92 Å². The minimum atomic E-state index is 0.311. The lowest BCUT2D eigenvalue weighted by molar-refractivity contribution is -0.131. The zero-order chi connectivity index (χ0) is 15.8. The number of amides is 1. The Balaban J connectivity index is 1.46. The van der Waals surface area contributed by atoms with Crippen LogP contribution in [0.2, 0.25) is 0 Å². The lowest BCUT2D eigenvalue weighted by Gasteiger charge is -2.15. The van der Waals surface area contributed by atoms with Crippen LogP contribution in [0.5, 0.6) is 5.75 Å². The predicted octanol–water partition coefficient (Wildman–Crippen LogP) is 2.81. The number of carbonyl (C=O) groups is 1. The summed E-state index contributed by atoms with van der Waals surface area (Å²) in [5.41, 5.74) is 3.13. The molecule has 4 rings (SSSR count). The number of aromatic nitrogens is 2. The number of likely N-dealkylation sites (tertiary alicyclic amines) is 1. The fraction of sp³-hybridized carbons (Fsp3) is 0.444. The molecular weight excluding hydrogens is 290 g/mol. The van der Waals surface area contributed by atoms with Crippen molar-refractivity contribution in [2.45, 2.75) is 25.2 Å². The number of ether oxygens (including phenoxy) is 1. The van der Waals surface area contributed by atoms with E-state index in [1.807, 2.05) is 29.2 Å². The van der Waals surface area contributed by atoms with Gasteiger partial charge in [-0.05, 0) is 49.6 Å². The molecule has 2 aliphatic rings. The van der Waals surface area contributed by atoms with Crippen LogP contribution >= 0.6 is 0 Å². The van der Waals surface area contributed by atoms with E-state index in [0.717, 1.165) is 55.1 Å². The Bertz CT molecular complexity index is 703. The van der Waals surface area contributed by atoms with Crippen molar-refractivity contribution in [2.24, 2.45) is 5.92 Å². The number of methoxy groups -OCH3 is 1. The van der Waals surface area contributed by atoms with Gasteiger partial charge in [-0.3, -0.25) is 9.89 Å². The first kappa shape index (κ1) is 14.3. The van der Waals surface area contributed by atoms with Crippen molar-refractivity contribution in [3.8, 4) is 17.0 Å². The van der Waals surface area contributed by atoms with Gasteiger partial charge in [0, 0.05) is 36.2 Å². The first-order chi connectivity index (χ1) is 11.2. The van der Waals surface area contributed by atoms with Gasteiger partial charge in [0.1, 0.15) is 5.75 Å². The van der Waals surface area contributed by atoms with Crippen molar-refractivity contribution < 1.29 is 9.53 Å². The Morgan fingerprint density at radius 2 is 2.04 bits per heavy atom. The van der Waals surface area contributed by atoms with Crippen LogP contribution in [0.15, 0.2) is 30.3 Å². The van der Waals surface area contributed by atoms with Gasteiger partial charge >= 0.3 is 0 Å². The van der Waals surface area contributed by atoms with E-state index in [4.69, 9.17) is 4.74 Å². The van der Waals surface area contributed by atoms with Gasteiger partial charge < -0.3 is 9.64 Å². The molecule has 0 bridgehead atoms. The second-order valence-electron chi connectivity index (χ2n) is 6.48. The lowest BCUT2D eigenvalue weighted by atomic mass is 10.0. The molecule has 1 aliphatic carbocycles. The molecule has 2 aromatic rings. The average molecular weight is 311 g/mol. The van der Waals surface area contributed by atoms with Gasteiger partial charge in [0.2, 0.25) is 5.91 Å². The van der Waals surface area contributed by atoms with Crippen LogP contribution in [-0.4, -0.2) is 41.2 Å². The van der Waals surface area contributed by atoms with Gasteiger partial charge in [0.15, 0.2) is 0 Å². The molecule has 5 heteroatoms. The number of hydrogen-bond donors (Lipinski definition) is 1. The van der Waals surface area contributed by atoms with Crippen molar-refractivity contribution in [2.75, 3.05) is 20.2 Å². The third kappa shape index (κ3) is 2.83. The summed E-state index contributed by atoms with van der Waals surface area (Å²) in [7, 11) is 1.66. The molecule has 1 aliphatic heterocycles. The molecule has 0 spiro atoms. The van der Waals surface area contributed by atoms with Crippen molar-refractivity contribution in [3.63, 3.8) is 0 Å². The predicted molar refractivity (Wildman–Crippen MR) is 87.2 cm³/mol. The van der Waals surface area contributed by atoms with E-state index < -0.39 is 0 Å². The molecule has 120 valence electrons. The number of nitrogens with one attached hydrogen (secondary N) is 1.